The number of benzene rings is 2. The van der Waals surface area contributed by atoms with Crippen LogP contribution in [0.1, 0.15) is 34.1 Å². The lowest BCUT2D eigenvalue weighted by Crippen LogP contribution is -2.34. The van der Waals surface area contributed by atoms with Gasteiger partial charge < -0.3 is 9.64 Å². The third kappa shape index (κ3) is 4.59. The maximum atomic E-state index is 13.4. The van der Waals surface area contributed by atoms with Gasteiger partial charge in [-0.3, -0.25) is 9.78 Å². The fourth-order valence-corrected chi connectivity index (χ4v) is 3.35. The molecule has 5 nitrogen and oxygen atoms in total. The van der Waals surface area contributed by atoms with E-state index >= 15 is 0 Å². The summed E-state index contributed by atoms with van der Waals surface area (Å²) in [5, 5.41) is 0.873. The van der Waals surface area contributed by atoms with Crippen LogP contribution in [0.2, 0.25) is 0 Å². The highest BCUT2D eigenvalue weighted by Crippen LogP contribution is 2.23. The number of para-hydroxylation sites is 1. The number of likely N-dealkylation sites (N-methyl/N-ethyl adjacent to an activating group) is 1. The number of ether oxygens (including phenoxy) is 1. The van der Waals surface area contributed by atoms with E-state index in [2.05, 4.69) is 4.98 Å². The van der Waals surface area contributed by atoms with Gasteiger partial charge in [-0.25, -0.2) is 9.18 Å². The first-order valence-electron chi connectivity index (χ1n) is 9.46. The Balaban J connectivity index is 1.71. The standard InChI is InChI=1S/C23H23FN2O3/c1-4-26(13-17-8-7-9-18(24)12-17)21(27)14-29-23(28)22-15(2)19-10-5-6-11-20(19)25-16(22)3/h5-12H,4,13-14H2,1-3H3. The van der Waals surface area contributed by atoms with Crippen LogP contribution < -0.4 is 0 Å². The summed E-state index contributed by atoms with van der Waals surface area (Å²) in [5.41, 5.74) is 3.20. The van der Waals surface area contributed by atoms with Crippen molar-refractivity contribution in [3.63, 3.8) is 0 Å². The largest absolute Gasteiger partial charge is 0.452 e. The van der Waals surface area contributed by atoms with Gasteiger partial charge in [-0.2, -0.15) is 0 Å². The van der Waals surface area contributed by atoms with Crippen LogP contribution in [0.15, 0.2) is 48.5 Å². The minimum absolute atomic E-state index is 0.250. The van der Waals surface area contributed by atoms with Gasteiger partial charge >= 0.3 is 5.97 Å². The predicted octanol–water partition coefficient (Wildman–Crippen LogP) is 4.20. The van der Waals surface area contributed by atoms with E-state index in [1.165, 1.54) is 17.0 Å². The lowest BCUT2D eigenvalue weighted by Gasteiger charge is -2.21. The molecule has 0 N–H and O–H groups in total. The summed E-state index contributed by atoms with van der Waals surface area (Å²) in [5.74, 6) is -1.27. The van der Waals surface area contributed by atoms with Crippen LogP contribution in [0, 0.1) is 19.7 Å². The van der Waals surface area contributed by atoms with Gasteiger partial charge in [0.25, 0.3) is 5.91 Å². The Bertz CT molecular complexity index is 1070. The van der Waals surface area contributed by atoms with Gasteiger partial charge in [-0.1, -0.05) is 30.3 Å². The summed E-state index contributed by atoms with van der Waals surface area (Å²) in [7, 11) is 0. The third-order valence-electron chi connectivity index (χ3n) is 4.86. The quantitative estimate of drug-likeness (QED) is 0.588. The average molecular weight is 394 g/mol. The highest BCUT2D eigenvalue weighted by atomic mass is 19.1. The molecule has 0 aliphatic heterocycles. The van der Waals surface area contributed by atoms with Crippen molar-refractivity contribution in [2.75, 3.05) is 13.2 Å². The number of pyridine rings is 1. The van der Waals surface area contributed by atoms with Gasteiger partial charge in [0.2, 0.25) is 0 Å². The molecule has 150 valence electrons. The highest BCUT2D eigenvalue weighted by molar-refractivity contribution is 5.99. The molecule has 0 fully saturated rings. The number of hydrogen-bond donors (Lipinski definition) is 0. The fraction of sp³-hybridized carbons (Fsp3) is 0.261. The number of amides is 1. The number of aryl methyl sites for hydroxylation is 2. The second-order valence-electron chi connectivity index (χ2n) is 6.83. The van der Waals surface area contributed by atoms with Crippen molar-refractivity contribution in [1.29, 1.82) is 0 Å². The van der Waals surface area contributed by atoms with Crippen molar-refractivity contribution >= 4 is 22.8 Å². The molecule has 29 heavy (non-hydrogen) atoms. The summed E-state index contributed by atoms with van der Waals surface area (Å²) >= 11 is 0. The first-order valence-corrected chi connectivity index (χ1v) is 9.46. The molecule has 0 aliphatic rings. The molecule has 0 atom stereocenters. The number of nitrogens with zero attached hydrogens (tertiary/aromatic N) is 2. The molecule has 0 bridgehead atoms. The van der Waals surface area contributed by atoms with Gasteiger partial charge in [0, 0.05) is 18.5 Å². The molecule has 0 saturated heterocycles. The normalized spacial score (nSPS) is 10.8. The Hall–Kier alpha value is -3.28. The lowest BCUT2D eigenvalue weighted by molar-refractivity contribution is -0.134. The second-order valence-corrected chi connectivity index (χ2v) is 6.83. The number of esters is 1. The Kier molecular flexibility index (Phi) is 6.22. The summed E-state index contributed by atoms with van der Waals surface area (Å²) in [6.07, 6.45) is 0. The van der Waals surface area contributed by atoms with E-state index in [1.54, 1.807) is 19.1 Å². The van der Waals surface area contributed by atoms with Gasteiger partial charge in [0.1, 0.15) is 5.82 Å². The molecule has 0 aliphatic carbocycles. The minimum atomic E-state index is -0.576. The zero-order valence-electron chi connectivity index (χ0n) is 16.7. The summed E-state index contributed by atoms with van der Waals surface area (Å²) in [4.78, 5) is 31.2. The first kappa shape index (κ1) is 20.5. The molecular formula is C23H23FN2O3. The molecule has 2 aromatic carbocycles. The number of aromatic nitrogens is 1. The third-order valence-corrected chi connectivity index (χ3v) is 4.86. The van der Waals surface area contributed by atoms with E-state index in [-0.39, 0.29) is 24.9 Å². The minimum Gasteiger partial charge on any atom is -0.452 e. The van der Waals surface area contributed by atoms with E-state index in [1.807, 2.05) is 38.1 Å². The van der Waals surface area contributed by atoms with Crippen molar-refractivity contribution < 1.29 is 18.7 Å². The Labute approximate surface area is 169 Å². The predicted molar refractivity (Wildman–Crippen MR) is 109 cm³/mol. The number of carbonyl (C=O) groups excluding carboxylic acids is 2. The van der Waals surface area contributed by atoms with E-state index < -0.39 is 5.97 Å². The number of rotatable bonds is 6. The van der Waals surface area contributed by atoms with Crippen LogP contribution in [0.5, 0.6) is 0 Å². The molecule has 6 heteroatoms. The fourth-order valence-electron chi connectivity index (χ4n) is 3.35. The zero-order valence-corrected chi connectivity index (χ0v) is 16.7. The Morgan fingerprint density at radius 1 is 1.10 bits per heavy atom. The number of fused-ring (bicyclic) bond motifs is 1. The molecule has 0 saturated carbocycles. The van der Waals surface area contributed by atoms with Crippen LogP contribution in [-0.4, -0.2) is 34.9 Å². The number of halogens is 1. The van der Waals surface area contributed by atoms with Crippen LogP contribution in [0.3, 0.4) is 0 Å². The Morgan fingerprint density at radius 2 is 1.86 bits per heavy atom. The molecule has 3 aromatic rings. The van der Waals surface area contributed by atoms with Crippen molar-refractivity contribution in [2.24, 2.45) is 0 Å². The molecule has 1 aromatic heterocycles. The molecular weight excluding hydrogens is 371 g/mol. The highest BCUT2D eigenvalue weighted by Gasteiger charge is 2.20. The number of carbonyl (C=O) groups is 2. The Morgan fingerprint density at radius 3 is 2.59 bits per heavy atom. The lowest BCUT2D eigenvalue weighted by atomic mass is 10.0. The molecule has 3 rings (SSSR count). The van der Waals surface area contributed by atoms with Gasteiger partial charge in [-0.05, 0) is 50.1 Å². The maximum absolute atomic E-state index is 13.4. The molecule has 1 heterocycles. The van der Waals surface area contributed by atoms with Crippen molar-refractivity contribution in [1.82, 2.24) is 9.88 Å². The van der Waals surface area contributed by atoms with Crippen molar-refractivity contribution in [3.8, 4) is 0 Å². The second kappa shape index (κ2) is 8.82. The van der Waals surface area contributed by atoms with E-state index in [0.717, 1.165) is 16.5 Å². The van der Waals surface area contributed by atoms with Crippen LogP contribution in [0.25, 0.3) is 10.9 Å². The van der Waals surface area contributed by atoms with Gasteiger partial charge in [0.05, 0.1) is 16.8 Å². The van der Waals surface area contributed by atoms with Gasteiger partial charge in [0.15, 0.2) is 6.61 Å². The van der Waals surface area contributed by atoms with Crippen LogP contribution in [-0.2, 0) is 16.1 Å². The van der Waals surface area contributed by atoms with Crippen molar-refractivity contribution in [2.45, 2.75) is 27.3 Å². The van der Waals surface area contributed by atoms with Crippen LogP contribution >= 0.6 is 0 Å². The van der Waals surface area contributed by atoms with Crippen molar-refractivity contribution in [3.05, 3.63) is 76.7 Å². The average Bonchev–Trinajstić information content (AvgIpc) is 2.70. The van der Waals surface area contributed by atoms with Gasteiger partial charge in [-0.15, -0.1) is 0 Å². The smallest absolute Gasteiger partial charge is 0.340 e. The summed E-state index contributed by atoms with van der Waals surface area (Å²) < 4.78 is 18.7. The SMILES string of the molecule is CCN(Cc1cccc(F)c1)C(=O)COC(=O)c1c(C)nc2ccccc2c1C. The molecule has 0 radical (unpaired) electrons. The summed E-state index contributed by atoms with van der Waals surface area (Å²) in [6.45, 7) is 5.70. The van der Waals surface area contributed by atoms with E-state index in [9.17, 15) is 14.0 Å². The topological polar surface area (TPSA) is 59.5 Å². The van der Waals surface area contributed by atoms with Crippen LogP contribution in [0.4, 0.5) is 4.39 Å². The first-order chi connectivity index (χ1) is 13.9. The molecule has 0 spiro atoms. The monoisotopic (exact) mass is 394 g/mol. The molecule has 0 unspecified atom stereocenters. The summed E-state index contributed by atoms with van der Waals surface area (Å²) in [6, 6.07) is 13.6. The maximum Gasteiger partial charge on any atom is 0.340 e. The molecule has 1 amide bonds. The van der Waals surface area contributed by atoms with E-state index in [4.69, 9.17) is 4.74 Å². The number of hydrogen-bond acceptors (Lipinski definition) is 4. The zero-order chi connectivity index (χ0) is 21.0. The van der Waals surface area contributed by atoms with E-state index in [0.29, 0.717) is 23.4 Å².